The molecular weight excluding hydrogens is 447 g/mol. The number of anilines is 1. The normalized spacial score (nSPS) is 12.3. The standard InChI is InChI=1S/C24H28F3N5O2/c1-13(15-7-6-8-16(21(15)25)22(26)27)29-23-17-12-20(34-5)18(11-19(17)30-14(2)31-23)24(33)28-9-10-32(3)4/h6-8,11-13,22H,9-10H2,1-5H3,(H,28,33)(H,29,30,31). The maximum Gasteiger partial charge on any atom is 0.266 e. The summed E-state index contributed by atoms with van der Waals surface area (Å²) in [6, 6.07) is 6.49. The van der Waals surface area contributed by atoms with Gasteiger partial charge in [0, 0.05) is 24.0 Å². The van der Waals surface area contributed by atoms with E-state index in [-0.39, 0.29) is 11.5 Å². The molecule has 10 heteroatoms. The van der Waals surface area contributed by atoms with Gasteiger partial charge in [0.15, 0.2) is 0 Å². The van der Waals surface area contributed by atoms with Crippen LogP contribution in [0.25, 0.3) is 10.9 Å². The van der Waals surface area contributed by atoms with Gasteiger partial charge in [-0.25, -0.2) is 23.1 Å². The third kappa shape index (κ3) is 5.56. The lowest BCUT2D eigenvalue weighted by molar-refractivity contribution is 0.0948. The van der Waals surface area contributed by atoms with E-state index < -0.39 is 23.8 Å². The molecule has 0 aliphatic carbocycles. The average molecular weight is 476 g/mol. The van der Waals surface area contributed by atoms with E-state index in [9.17, 15) is 18.0 Å². The molecule has 1 heterocycles. The summed E-state index contributed by atoms with van der Waals surface area (Å²) >= 11 is 0. The number of carbonyl (C=O) groups is 1. The maximum absolute atomic E-state index is 14.7. The Hall–Kier alpha value is -3.40. The lowest BCUT2D eigenvalue weighted by Crippen LogP contribution is -2.31. The molecule has 1 aromatic heterocycles. The zero-order chi connectivity index (χ0) is 25.0. The zero-order valence-corrected chi connectivity index (χ0v) is 19.7. The first kappa shape index (κ1) is 25.2. The Morgan fingerprint density at radius 1 is 1.18 bits per heavy atom. The van der Waals surface area contributed by atoms with Crippen LogP contribution in [0.15, 0.2) is 30.3 Å². The topological polar surface area (TPSA) is 79.4 Å². The Bertz CT molecular complexity index is 1190. The number of halogens is 3. The minimum atomic E-state index is -2.92. The molecule has 0 radical (unpaired) electrons. The van der Waals surface area contributed by atoms with E-state index in [2.05, 4.69) is 20.6 Å². The van der Waals surface area contributed by atoms with Crippen LogP contribution in [0.4, 0.5) is 19.0 Å². The van der Waals surface area contributed by atoms with E-state index in [0.717, 1.165) is 6.07 Å². The van der Waals surface area contributed by atoms with Crippen LogP contribution in [0.1, 0.15) is 46.7 Å². The van der Waals surface area contributed by atoms with Crippen LogP contribution in [0.3, 0.4) is 0 Å². The van der Waals surface area contributed by atoms with Gasteiger partial charge in [-0.15, -0.1) is 0 Å². The van der Waals surface area contributed by atoms with Crippen molar-refractivity contribution in [1.29, 1.82) is 0 Å². The Kier molecular flexibility index (Phi) is 7.93. The fourth-order valence-electron chi connectivity index (χ4n) is 3.57. The van der Waals surface area contributed by atoms with E-state index in [4.69, 9.17) is 4.74 Å². The summed E-state index contributed by atoms with van der Waals surface area (Å²) in [5.41, 5.74) is 0.247. The van der Waals surface area contributed by atoms with Gasteiger partial charge < -0.3 is 20.3 Å². The smallest absolute Gasteiger partial charge is 0.266 e. The number of rotatable bonds is 9. The molecule has 3 aromatic rings. The Morgan fingerprint density at radius 3 is 2.53 bits per heavy atom. The van der Waals surface area contributed by atoms with Crippen molar-refractivity contribution in [3.05, 3.63) is 58.7 Å². The Morgan fingerprint density at radius 2 is 1.88 bits per heavy atom. The molecule has 0 saturated heterocycles. The fourth-order valence-corrected chi connectivity index (χ4v) is 3.57. The highest BCUT2D eigenvalue weighted by Gasteiger charge is 2.21. The molecule has 1 unspecified atom stereocenters. The third-order valence-corrected chi connectivity index (χ3v) is 5.33. The predicted molar refractivity (Wildman–Crippen MR) is 125 cm³/mol. The van der Waals surface area contributed by atoms with Crippen LogP contribution in [0.2, 0.25) is 0 Å². The van der Waals surface area contributed by atoms with Crippen LogP contribution < -0.4 is 15.4 Å². The number of fused-ring (bicyclic) bond motifs is 1. The second kappa shape index (κ2) is 10.7. The summed E-state index contributed by atoms with van der Waals surface area (Å²) in [6.07, 6.45) is -2.92. The number of nitrogens with zero attached hydrogens (tertiary/aromatic N) is 3. The number of carbonyl (C=O) groups excluding carboxylic acids is 1. The van der Waals surface area contributed by atoms with Gasteiger partial charge in [-0.2, -0.15) is 0 Å². The number of benzene rings is 2. The van der Waals surface area contributed by atoms with Crippen molar-refractivity contribution in [2.45, 2.75) is 26.3 Å². The summed E-state index contributed by atoms with van der Waals surface area (Å²) in [6.45, 7) is 4.48. The number of ether oxygens (including phenoxy) is 1. The van der Waals surface area contributed by atoms with Gasteiger partial charge in [0.05, 0.1) is 29.8 Å². The van der Waals surface area contributed by atoms with Gasteiger partial charge in [-0.05, 0) is 40.1 Å². The van der Waals surface area contributed by atoms with Crippen molar-refractivity contribution in [2.24, 2.45) is 0 Å². The Labute approximate surface area is 196 Å². The largest absolute Gasteiger partial charge is 0.496 e. The summed E-state index contributed by atoms with van der Waals surface area (Å²) < 4.78 is 46.4. The molecular formula is C24H28F3N5O2. The second-order valence-corrected chi connectivity index (χ2v) is 8.17. The summed E-state index contributed by atoms with van der Waals surface area (Å²) in [5.74, 6) is -0.140. The first-order chi connectivity index (χ1) is 16.1. The highest BCUT2D eigenvalue weighted by molar-refractivity contribution is 6.02. The summed E-state index contributed by atoms with van der Waals surface area (Å²) in [5, 5.41) is 6.49. The van der Waals surface area contributed by atoms with Gasteiger partial charge in [-0.1, -0.05) is 18.2 Å². The van der Waals surface area contributed by atoms with Crippen molar-refractivity contribution >= 4 is 22.6 Å². The molecule has 2 aromatic carbocycles. The van der Waals surface area contributed by atoms with Crippen molar-refractivity contribution in [2.75, 3.05) is 39.6 Å². The van der Waals surface area contributed by atoms with Crippen LogP contribution in [-0.2, 0) is 0 Å². The number of hydrogen-bond donors (Lipinski definition) is 2. The minimum absolute atomic E-state index is 0.0890. The molecule has 1 amide bonds. The third-order valence-electron chi connectivity index (χ3n) is 5.33. The van der Waals surface area contributed by atoms with Crippen molar-refractivity contribution in [3.8, 4) is 5.75 Å². The number of aromatic nitrogens is 2. The average Bonchev–Trinajstić information content (AvgIpc) is 2.77. The monoisotopic (exact) mass is 475 g/mol. The van der Waals surface area contributed by atoms with E-state index in [1.807, 2.05) is 19.0 Å². The molecule has 0 bridgehead atoms. The first-order valence-electron chi connectivity index (χ1n) is 10.7. The number of hydrogen-bond acceptors (Lipinski definition) is 6. The fraction of sp³-hybridized carbons (Fsp3) is 0.375. The SMILES string of the molecule is COc1cc2c(NC(C)c3cccc(C(F)F)c3F)nc(C)nc2cc1C(=O)NCCN(C)C. The van der Waals surface area contributed by atoms with Gasteiger partial charge in [0.1, 0.15) is 23.2 Å². The predicted octanol–water partition coefficient (Wildman–Crippen LogP) is 4.49. The van der Waals surface area contributed by atoms with Crippen LogP contribution in [0.5, 0.6) is 5.75 Å². The van der Waals surface area contributed by atoms with Crippen molar-refractivity contribution < 1.29 is 22.7 Å². The van der Waals surface area contributed by atoms with Gasteiger partial charge in [0.2, 0.25) is 0 Å². The molecule has 3 rings (SSSR count). The molecule has 0 saturated carbocycles. The van der Waals surface area contributed by atoms with E-state index in [1.54, 1.807) is 26.0 Å². The molecule has 0 spiro atoms. The second-order valence-electron chi connectivity index (χ2n) is 8.17. The lowest BCUT2D eigenvalue weighted by atomic mass is 10.0. The highest BCUT2D eigenvalue weighted by atomic mass is 19.3. The molecule has 7 nitrogen and oxygen atoms in total. The van der Waals surface area contributed by atoms with Crippen LogP contribution in [0, 0.1) is 12.7 Å². The quantitative estimate of drug-likeness (QED) is 0.475. The van der Waals surface area contributed by atoms with Crippen LogP contribution in [-0.4, -0.2) is 55.1 Å². The number of methoxy groups -OCH3 is 1. The zero-order valence-electron chi connectivity index (χ0n) is 19.7. The highest BCUT2D eigenvalue weighted by Crippen LogP contribution is 2.33. The van der Waals surface area contributed by atoms with Crippen molar-refractivity contribution in [3.63, 3.8) is 0 Å². The van der Waals surface area contributed by atoms with E-state index in [0.29, 0.717) is 46.9 Å². The lowest BCUT2D eigenvalue weighted by Gasteiger charge is -2.19. The molecule has 0 aliphatic heterocycles. The van der Waals surface area contributed by atoms with E-state index in [1.165, 1.54) is 19.2 Å². The summed E-state index contributed by atoms with van der Waals surface area (Å²) in [7, 11) is 5.27. The molecule has 2 N–H and O–H groups in total. The van der Waals surface area contributed by atoms with E-state index >= 15 is 0 Å². The van der Waals surface area contributed by atoms with Gasteiger partial charge in [-0.3, -0.25) is 4.79 Å². The molecule has 182 valence electrons. The molecule has 0 aliphatic rings. The van der Waals surface area contributed by atoms with Gasteiger partial charge in [0.25, 0.3) is 12.3 Å². The molecule has 1 atom stereocenters. The minimum Gasteiger partial charge on any atom is -0.496 e. The van der Waals surface area contributed by atoms with Crippen LogP contribution >= 0.6 is 0 Å². The molecule has 0 fully saturated rings. The Balaban J connectivity index is 1.98. The number of nitrogens with one attached hydrogen (secondary N) is 2. The number of amides is 1. The maximum atomic E-state index is 14.7. The number of aryl methyl sites for hydroxylation is 1. The van der Waals surface area contributed by atoms with Crippen molar-refractivity contribution in [1.82, 2.24) is 20.2 Å². The number of likely N-dealkylation sites (N-methyl/N-ethyl adjacent to an activating group) is 1. The first-order valence-corrected chi connectivity index (χ1v) is 10.7. The van der Waals surface area contributed by atoms with Gasteiger partial charge >= 0.3 is 0 Å². The number of alkyl halides is 2. The molecule has 34 heavy (non-hydrogen) atoms. The summed E-state index contributed by atoms with van der Waals surface area (Å²) in [4.78, 5) is 23.5.